The van der Waals surface area contributed by atoms with Gasteiger partial charge in [-0.25, -0.2) is 18.5 Å². The quantitative estimate of drug-likeness (QED) is 0.341. The third kappa shape index (κ3) is 7.40. The summed E-state index contributed by atoms with van der Waals surface area (Å²) in [6.45, 7) is 8.41. The van der Waals surface area contributed by atoms with E-state index in [4.69, 9.17) is 19.7 Å². The van der Waals surface area contributed by atoms with Crippen molar-refractivity contribution in [3.8, 4) is 5.75 Å². The number of methoxy groups -OCH3 is 1. The lowest BCUT2D eigenvalue weighted by Crippen LogP contribution is -2.47. The number of fused-ring (bicyclic) bond motifs is 1. The first kappa shape index (κ1) is 33.7. The van der Waals surface area contributed by atoms with Crippen LogP contribution in [0.25, 0.3) is 10.2 Å². The van der Waals surface area contributed by atoms with Crippen LogP contribution in [0.1, 0.15) is 54.5 Å². The lowest BCUT2D eigenvalue weighted by atomic mass is 10.1. The van der Waals surface area contributed by atoms with Crippen LogP contribution in [0, 0.1) is 12.7 Å². The standard InChI is InChI=1S/C26H32FN3O6S.C2H6O2/c1-8-36-25(33)21-15(4)20-23(32)30(16(5)22(31)28(6)14(2)3)26(34)29(24(20)37-21)12-11-17-13-18(27)9-10-19(17)35-7;3-1-2-4/h9-10,13-14,16H,8,11-12H2,1-7H3;3-4H,1-2H2. The number of halogens is 1. The molecule has 0 saturated heterocycles. The van der Waals surface area contributed by atoms with E-state index in [-0.39, 0.29) is 49.1 Å². The third-order valence-corrected chi connectivity index (χ3v) is 7.81. The topological polar surface area (TPSA) is 140 Å². The van der Waals surface area contributed by atoms with Gasteiger partial charge in [0.05, 0.1) is 32.3 Å². The van der Waals surface area contributed by atoms with Gasteiger partial charge in [0.25, 0.3) is 5.56 Å². The second-order valence-corrected chi connectivity index (χ2v) is 10.4. The minimum atomic E-state index is -1.09. The van der Waals surface area contributed by atoms with Crippen molar-refractivity contribution in [2.45, 2.75) is 59.7 Å². The fourth-order valence-corrected chi connectivity index (χ4v) is 5.34. The first-order chi connectivity index (χ1) is 19.4. The van der Waals surface area contributed by atoms with Crippen LogP contribution in [0.3, 0.4) is 0 Å². The monoisotopic (exact) mass is 595 g/mol. The molecular formula is C28H38FN3O8S. The summed E-state index contributed by atoms with van der Waals surface area (Å²) in [7, 11) is 3.07. The third-order valence-electron chi connectivity index (χ3n) is 6.52. The molecule has 2 aromatic heterocycles. The Morgan fingerprint density at radius 1 is 1.15 bits per heavy atom. The van der Waals surface area contributed by atoms with Crippen LogP contribution in [0.5, 0.6) is 5.75 Å². The van der Waals surface area contributed by atoms with Crippen LogP contribution in [-0.2, 0) is 22.5 Å². The van der Waals surface area contributed by atoms with E-state index < -0.39 is 35.0 Å². The fourth-order valence-electron chi connectivity index (χ4n) is 4.13. The van der Waals surface area contributed by atoms with Crippen molar-refractivity contribution in [1.82, 2.24) is 14.0 Å². The second-order valence-electron chi connectivity index (χ2n) is 9.44. The SMILES string of the molecule is CCOC(=O)c1sc2c(c1C)c(=O)n(C(C)C(=O)N(C)C(C)C)c(=O)n2CCc1cc(F)ccc1OC.OCCO. The van der Waals surface area contributed by atoms with Crippen LogP contribution < -0.4 is 16.0 Å². The number of aliphatic hydroxyl groups is 2. The van der Waals surface area contributed by atoms with Gasteiger partial charge in [-0.3, -0.25) is 14.2 Å². The van der Waals surface area contributed by atoms with Crippen molar-refractivity contribution in [3.05, 3.63) is 60.9 Å². The molecule has 0 bridgehead atoms. The summed E-state index contributed by atoms with van der Waals surface area (Å²) in [6.07, 6.45) is 0.202. The molecule has 2 heterocycles. The molecule has 11 nitrogen and oxygen atoms in total. The molecule has 0 spiro atoms. The maximum Gasteiger partial charge on any atom is 0.348 e. The Labute approximate surface area is 241 Å². The van der Waals surface area contributed by atoms with Crippen molar-refractivity contribution >= 4 is 33.4 Å². The zero-order valence-electron chi connectivity index (χ0n) is 24.4. The lowest BCUT2D eigenvalue weighted by molar-refractivity contribution is -0.134. The summed E-state index contributed by atoms with van der Waals surface area (Å²) in [4.78, 5) is 55.1. The maximum atomic E-state index is 14.0. The summed E-state index contributed by atoms with van der Waals surface area (Å²) in [5.41, 5.74) is -0.432. The van der Waals surface area contributed by atoms with Gasteiger partial charge in [-0.1, -0.05) is 0 Å². The van der Waals surface area contributed by atoms with Gasteiger partial charge in [0, 0.05) is 19.6 Å². The number of aryl methyl sites for hydroxylation is 3. The number of benzene rings is 1. The van der Waals surface area contributed by atoms with Gasteiger partial charge in [-0.05, 0) is 70.4 Å². The molecule has 0 saturated carbocycles. The molecule has 3 rings (SSSR count). The molecule has 1 aromatic carbocycles. The number of thiophene rings is 1. The van der Waals surface area contributed by atoms with Gasteiger partial charge in [0.2, 0.25) is 5.91 Å². The van der Waals surface area contributed by atoms with Gasteiger partial charge in [0.1, 0.15) is 27.3 Å². The lowest BCUT2D eigenvalue weighted by Gasteiger charge is -2.26. The minimum absolute atomic E-state index is 0.0541. The number of aliphatic hydroxyl groups excluding tert-OH is 2. The highest BCUT2D eigenvalue weighted by Crippen LogP contribution is 2.30. The van der Waals surface area contributed by atoms with Gasteiger partial charge in [-0.15, -0.1) is 11.3 Å². The number of nitrogens with zero attached hydrogens (tertiary/aromatic N) is 3. The molecule has 41 heavy (non-hydrogen) atoms. The van der Waals surface area contributed by atoms with E-state index in [1.165, 1.54) is 41.7 Å². The summed E-state index contributed by atoms with van der Waals surface area (Å²) in [6, 6.07) is 2.87. The van der Waals surface area contributed by atoms with Crippen molar-refractivity contribution < 1.29 is 33.7 Å². The van der Waals surface area contributed by atoms with Crippen LogP contribution in [0.2, 0.25) is 0 Å². The highest BCUT2D eigenvalue weighted by atomic mass is 32.1. The number of ether oxygens (including phenoxy) is 2. The van der Waals surface area contributed by atoms with Crippen molar-refractivity contribution in [2.24, 2.45) is 0 Å². The highest BCUT2D eigenvalue weighted by molar-refractivity contribution is 7.20. The molecule has 2 N–H and O–H groups in total. The van der Waals surface area contributed by atoms with E-state index in [2.05, 4.69) is 0 Å². The summed E-state index contributed by atoms with van der Waals surface area (Å²) < 4.78 is 26.7. The number of carbonyl (C=O) groups excluding carboxylic acids is 2. The number of aromatic nitrogens is 2. The molecule has 13 heteroatoms. The smallest absolute Gasteiger partial charge is 0.348 e. The van der Waals surface area contributed by atoms with E-state index in [1.54, 1.807) is 20.9 Å². The number of hydrogen-bond donors (Lipinski definition) is 2. The number of likely N-dealkylation sites (N-methyl/N-ethyl adjacent to an activating group) is 1. The predicted octanol–water partition coefficient (Wildman–Crippen LogP) is 2.50. The number of esters is 1. The number of rotatable bonds is 10. The molecule has 0 aliphatic carbocycles. The Kier molecular flexibility index (Phi) is 12.2. The number of hydrogen-bond acceptors (Lipinski definition) is 9. The van der Waals surface area contributed by atoms with Crippen molar-refractivity contribution in [1.29, 1.82) is 0 Å². The van der Waals surface area contributed by atoms with Crippen LogP contribution in [0.15, 0.2) is 27.8 Å². The van der Waals surface area contributed by atoms with E-state index >= 15 is 0 Å². The van der Waals surface area contributed by atoms with E-state index in [0.29, 0.717) is 21.7 Å². The second kappa shape index (κ2) is 14.9. The van der Waals surface area contributed by atoms with Crippen LogP contribution >= 0.6 is 11.3 Å². The Morgan fingerprint density at radius 3 is 2.32 bits per heavy atom. The zero-order chi connectivity index (χ0) is 31.0. The normalized spacial score (nSPS) is 11.7. The Hall–Kier alpha value is -3.55. The molecule has 1 amide bonds. The van der Waals surface area contributed by atoms with Crippen molar-refractivity contribution in [3.63, 3.8) is 0 Å². The average Bonchev–Trinajstić information content (AvgIpc) is 3.29. The number of carbonyl (C=O) groups is 2. The summed E-state index contributed by atoms with van der Waals surface area (Å²) in [5.74, 6) is -0.992. The molecule has 0 fully saturated rings. The molecule has 1 unspecified atom stereocenters. The Balaban J connectivity index is 0.00000138. The van der Waals surface area contributed by atoms with Gasteiger partial charge in [-0.2, -0.15) is 0 Å². The summed E-state index contributed by atoms with van der Waals surface area (Å²) >= 11 is 0.990. The van der Waals surface area contributed by atoms with Crippen LogP contribution in [0.4, 0.5) is 4.39 Å². The zero-order valence-corrected chi connectivity index (χ0v) is 25.2. The number of amides is 1. The van der Waals surface area contributed by atoms with E-state index in [9.17, 15) is 23.6 Å². The molecular weight excluding hydrogens is 557 g/mol. The van der Waals surface area contributed by atoms with E-state index in [1.807, 2.05) is 13.8 Å². The Morgan fingerprint density at radius 2 is 1.78 bits per heavy atom. The molecule has 0 radical (unpaired) electrons. The highest BCUT2D eigenvalue weighted by Gasteiger charge is 2.29. The first-order valence-corrected chi connectivity index (χ1v) is 13.9. The molecule has 1 atom stereocenters. The molecule has 0 aliphatic rings. The Bertz CT molecular complexity index is 1490. The first-order valence-electron chi connectivity index (χ1n) is 13.1. The molecule has 226 valence electrons. The maximum absolute atomic E-state index is 14.0. The largest absolute Gasteiger partial charge is 0.496 e. The average molecular weight is 596 g/mol. The minimum Gasteiger partial charge on any atom is -0.496 e. The molecule has 3 aromatic rings. The fraction of sp³-hybridized carbons (Fsp3) is 0.500. The van der Waals surface area contributed by atoms with E-state index in [0.717, 1.165) is 15.9 Å². The molecule has 0 aliphatic heterocycles. The van der Waals surface area contributed by atoms with Gasteiger partial charge >= 0.3 is 11.7 Å². The van der Waals surface area contributed by atoms with Crippen LogP contribution in [-0.4, -0.2) is 76.1 Å². The van der Waals surface area contributed by atoms with Gasteiger partial charge < -0.3 is 24.6 Å². The predicted molar refractivity (Wildman–Crippen MR) is 154 cm³/mol. The van der Waals surface area contributed by atoms with Crippen molar-refractivity contribution in [2.75, 3.05) is 34.0 Å². The summed E-state index contributed by atoms with van der Waals surface area (Å²) in [5, 5.41) is 15.4. The van der Waals surface area contributed by atoms with Gasteiger partial charge in [0.15, 0.2) is 0 Å².